The maximum absolute atomic E-state index is 11.6. The molecule has 4 atom stereocenters. The van der Waals surface area contributed by atoms with Crippen LogP contribution in [0.3, 0.4) is 0 Å². The van der Waals surface area contributed by atoms with Crippen molar-refractivity contribution < 1.29 is 14.6 Å². The highest BCUT2D eigenvalue weighted by molar-refractivity contribution is 5.85. The zero-order valence-corrected chi connectivity index (χ0v) is 8.41. The van der Waals surface area contributed by atoms with Crippen molar-refractivity contribution in [3.8, 4) is 0 Å². The molecule has 2 aliphatic heterocycles. The number of ether oxygens (including phenoxy) is 1. The van der Waals surface area contributed by atoms with Crippen LogP contribution in [0.4, 0.5) is 0 Å². The molecule has 2 rings (SSSR count). The summed E-state index contributed by atoms with van der Waals surface area (Å²) in [7, 11) is 0. The molecule has 14 heavy (non-hydrogen) atoms. The van der Waals surface area contributed by atoms with Gasteiger partial charge in [0.05, 0.1) is 5.92 Å². The van der Waals surface area contributed by atoms with Crippen molar-refractivity contribution >= 4 is 5.91 Å². The van der Waals surface area contributed by atoms with Gasteiger partial charge < -0.3 is 20.9 Å². The SMILES string of the molecule is CCC1C(=O)NC2(CN)C(O)OC12C. The molecular formula is C9H16N2O3. The van der Waals surface area contributed by atoms with Gasteiger partial charge in [0.1, 0.15) is 11.1 Å². The number of aliphatic hydroxyl groups excluding tert-OH is 1. The minimum Gasteiger partial charge on any atom is -0.366 e. The molecule has 1 amide bonds. The van der Waals surface area contributed by atoms with E-state index in [2.05, 4.69) is 5.32 Å². The van der Waals surface area contributed by atoms with Gasteiger partial charge in [-0.3, -0.25) is 4.79 Å². The summed E-state index contributed by atoms with van der Waals surface area (Å²) < 4.78 is 5.31. The van der Waals surface area contributed by atoms with Crippen LogP contribution in [-0.2, 0) is 9.53 Å². The number of nitrogens with one attached hydrogen (secondary N) is 1. The first-order valence-corrected chi connectivity index (χ1v) is 4.90. The number of amides is 1. The molecule has 5 heteroatoms. The van der Waals surface area contributed by atoms with Crippen LogP contribution in [0.15, 0.2) is 0 Å². The highest BCUT2D eigenvalue weighted by atomic mass is 16.7. The summed E-state index contributed by atoms with van der Waals surface area (Å²) in [4.78, 5) is 11.6. The first-order valence-electron chi connectivity index (χ1n) is 4.90. The van der Waals surface area contributed by atoms with Gasteiger partial charge in [0.2, 0.25) is 5.91 Å². The van der Waals surface area contributed by atoms with Crippen molar-refractivity contribution in [2.24, 2.45) is 11.7 Å². The Morgan fingerprint density at radius 3 is 2.71 bits per heavy atom. The van der Waals surface area contributed by atoms with Crippen LogP contribution in [0, 0.1) is 5.92 Å². The fourth-order valence-corrected chi connectivity index (χ4v) is 2.69. The predicted octanol–water partition coefficient (Wildman–Crippen LogP) is -1.05. The second-order valence-corrected chi connectivity index (χ2v) is 4.20. The average Bonchev–Trinajstić information content (AvgIpc) is 2.30. The van der Waals surface area contributed by atoms with Crippen LogP contribution in [0.1, 0.15) is 20.3 Å². The molecule has 0 aliphatic carbocycles. The quantitative estimate of drug-likeness (QED) is 0.531. The number of aliphatic hydroxyl groups is 1. The van der Waals surface area contributed by atoms with Crippen molar-refractivity contribution in [3.63, 3.8) is 0 Å². The van der Waals surface area contributed by atoms with E-state index in [1.54, 1.807) is 0 Å². The summed E-state index contributed by atoms with van der Waals surface area (Å²) >= 11 is 0. The van der Waals surface area contributed by atoms with Gasteiger partial charge in [-0.05, 0) is 13.3 Å². The number of rotatable bonds is 2. The standard InChI is InChI=1S/C9H16N2O3/c1-3-5-6(12)11-9(4-10)7(13)14-8(5,9)2/h5,7,13H,3-4,10H2,1-2H3,(H,11,12). The second kappa shape index (κ2) is 2.68. The van der Waals surface area contributed by atoms with Gasteiger partial charge in [0, 0.05) is 6.54 Å². The lowest BCUT2D eigenvalue weighted by Gasteiger charge is -2.56. The van der Waals surface area contributed by atoms with Crippen LogP contribution in [0.25, 0.3) is 0 Å². The molecular weight excluding hydrogens is 184 g/mol. The fraction of sp³-hybridized carbons (Fsp3) is 0.889. The lowest BCUT2D eigenvalue weighted by Crippen LogP contribution is -2.79. The van der Waals surface area contributed by atoms with Gasteiger partial charge in [-0.2, -0.15) is 0 Å². The average molecular weight is 200 g/mol. The first-order chi connectivity index (χ1) is 6.52. The number of carbonyl (C=O) groups excluding carboxylic acids is 1. The van der Waals surface area contributed by atoms with E-state index in [0.29, 0.717) is 6.42 Å². The molecule has 0 saturated carbocycles. The van der Waals surface area contributed by atoms with Crippen LogP contribution < -0.4 is 11.1 Å². The summed E-state index contributed by atoms with van der Waals surface area (Å²) in [5.74, 6) is -0.286. The van der Waals surface area contributed by atoms with Crippen LogP contribution in [-0.4, -0.2) is 35.0 Å². The van der Waals surface area contributed by atoms with E-state index in [1.807, 2.05) is 13.8 Å². The monoisotopic (exact) mass is 200 g/mol. The molecule has 2 fully saturated rings. The van der Waals surface area contributed by atoms with Crippen LogP contribution >= 0.6 is 0 Å². The maximum atomic E-state index is 11.6. The molecule has 0 aromatic rings. The molecule has 0 aromatic carbocycles. The predicted molar refractivity (Wildman–Crippen MR) is 49.2 cm³/mol. The summed E-state index contributed by atoms with van der Waals surface area (Å²) in [6.07, 6.45) is -0.283. The van der Waals surface area contributed by atoms with Gasteiger partial charge in [-0.25, -0.2) is 0 Å². The third-order valence-corrected chi connectivity index (χ3v) is 3.72. The third kappa shape index (κ3) is 0.785. The van der Waals surface area contributed by atoms with Crippen LogP contribution in [0.5, 0.6) is 0 Å². The Morgan fingerprint density at radius 2 is 2.36 bits per heavy atom. The van der Waals surface area contributed by atoms with Gasteiger partial charge in [-0.15, -0.1) is 0 Å². The number of carbonyl (C=O) groups is 1. The summed E-state index contributed by atoms with van der Waals surface area (Å²) in [6.45, 7) is 3.96. The van der Waals surface area contributed by atoms with E-state index >= 15 is 0 Å². The number of hydrogen-bond donors (Lipinski definition) is 3. The molecule has 0 aromatic heterocycles. The van der Waals surface area contributed by atoms with Gasteiger partial charge >= 0.3 is 0 Å². The van der Waals surface area contributed by atoms with Crippen molar-refractivity contribution in [2.45, 2.75) is 37.7 Å². The normalized spacial score (nSPS) is 51.0. The largest absolute Gasteiger partial charge is 0.366 e. The van der Waals surface area contributed by atoms with E-state index < -0.39 is 17.4 Å². The Bertz CT molecular complexity index is 283. The molecule has 0 radical (unpaired) electrons. The number of fused-ring (bicyclic) bond motifs is 1. The van der Waals surface area contributed by atoms with E-state index in [0.717, 1.165) is 0 Å². The zero-order chi connectivity index (χ0) is 10.6. The Kier molecular flexibility index (Phi) is 1.90. The van der Waals surface area contributed by atoms with Gasteiger partial charge in [-0.1, -0.05) is 6.92 Å². The highest BCUT2D eigenvalue weighted by Crippen LogP contribution is 2.51. The topological polar surface area (TPSA) is 84.6 Å². The van der Waals surface area contributed by atoms with Crippen molar-refractivity contribution in [2.75, 3.05) is 6.54 Å². The van der Waals surface area contributed by atoms with Crippen molar-refractivity contribution in [3.05, 3.63) is 0 Å². The molecule has 4 N–H and O–H groups in total. The van der Waals surface area contributed by atoms with Gasteiger partial charge in [0.15, 0.2) is 6.29 Å². The minimum absolute atomic E-state index is 0.0722. The second-order valence-electron chi connectivity index (χ2n) is 4.20. The fourth-order valence-electron chi connectivity index (χ4n) is 2.69. The van der Waals surface area contributed by atoms with E-state index in [-0.39, 0.29) is 18.4 Å². The lowest BCUT2D eigenvalue weighted by atomic mass is 9.70. The lowest BCUT2D eigenvalue weighted by molar-refractivity contribution is -0.345. The molecule has 0 spiro atoms. The number of hydrogen-bond acceptors (Lipinski definition) is 4. The molecule has 0 bridgehead atoms. The Morgan fingerprint density at radius 1 is 1.71 bits per heavy atom. The molecule has 4 unspecified atom stereocenters. The van der Waals surface area contributed by atoms with Crippen molar-refractivity contribution in [1.82, 2.24) is 5.32 Å². The Labute approximate surface area is 82.6 Å². The third-order valence-electron chi connectivity index (χ3n) is 3.72. The first kappa shape index (κ1) is 9.89. The highest BCUT2D eigenvalue weighted by Gasteiger charge is 2.73. The van der Waals surface area contributed by atoms with E-state index in [9.17, 15) is 9.90 Å². The molecule has 5 nitrogen and oxygen atoms in total. The molecule has 80 valence electrons. The van der Waals surface area contributed by atoms with E-state index in [1.165, 1.54) is 0 Å². The Hall–Kier alpha value is -0.650. The van der Waals surface area contributed by atoms with Crippen LogP contribution in [0.2, 0.25) is 0 Å². The van der Waals surface area contributed by atoms with Gasteiger partial charge in [0.25, 0.3) is 0 Å². The summed E-state index contributed by atoms with van der Waals surface area (Å²) in [6, 6.07) is 0. The molecule has 2 heterocycles. The van der Waals surface area contributed by atoms with Crippen molar-refractivity contribution in [1.29, 1.82) is 0 Å². The number of nitrogens with two attached hydrogens (primary N) is 1. The molecule has 2 saturated heterocycles. The molecule has 2 aliphatic rings. The minimum atomic E-state index is -0.974. The Balaban J connectivity index is 2.37. The van der Waals surface area contributed by atoms with E-state index in [4.69, 9.17) is 10.5 Å². The zero-order valence-electron chi connectivity index (χ0n) is 8.41. The summed E-state index contributed by atoms with van der Waals surface area (Å²) in [5, 5.41) is 12.3. The maximum Gasteiger partial charge on any atom is 0.226 e. The smallest absolute Gasteiger partial charge is 0.226 e. The summed E-state index contributed by atoms with van der Waals surface area (Å²) in [5.41, 5.74) is 4.19.